The summed E-state index contributed by atoms with van der Waals surface area (Å²) in [5.74, 6) is 1.99. The molecule has 2 aromatic carbocycles. The summed E-state index contributed by atoms with van der Waals surface area (Å²) in [4.78, 5) is 26.6. The van der Waals surface area contributed by atoms with Crippen LogP contribution >= 0.6 is 0 Å². The van der Waals surface area contributed by atoms with E-state index in [9.17, 15) is 10.1 Å². The van der Waals surface area contributed by atoms with E-state index >= 15 is 0 Å². The minimum atomic E-state index is -0.436. The largest absolute Gasteiger partial charge is 0.485 e. The molecule has 1 fully saturated rings. The van der Waals surface area contributed by atoms with Crippen LogP contribution in [0.3, 0.4) is 0 Å². The second kappa shape index (κ2) is 10.5. The highest BCUT2D eigenvalue weighted by Crippen LogP contribution is 2.35. The fourth-order valence-corrected chi connectivity index (χ4v) is 4.69. The van der Waals surface area contributed by atoms with Gasteiger partial charge in [-0.2, -0.15) is 5.10 Å². The van der Waals surface area contributed by atoms with Crippen LogP contribution in [0.2, 0.25) is 0 Å². The number of hydrogen-bond donors (Lipinski definition) is 1. The SMILES string of the molecule is Cc1cc(Nc2ncnc3cc(OCCN4CCCC4)c([N+](=O)[O-])cc23)ccc1Oc1ccn2ncnc2c1. The zero-order valence-electron chi connectivity index (χ0n) is 21.3. The predicted octanol–water partition coefficient (Wildman–Crippen LogP) is 4.90. The van der Waals surface area contributed by atoms with Gasteiger partial charge in [0.15, 0.2) is 11.4 Å². The Morgan fingerprint density at radius 2 is 1.90 bits per heavy atom. The molecule has 0 spiro atoms. The molecule has 12 heteroatoms. The minimum Gasteiger partial charge on any atom is -0.485 e. The van der Waals surface area contributed by atoms with Crippen molar-refractivity contribution in [1.29, 1.82) is 0 Å². The molecule has 198 valence electrons. The molecule has 0 aliphatic carbocycles. The first-order valence-corrected chi connectivity index (χ1v) is 12.7. The van der Waals surface area contributed by atoms with Crippen LogP contribution in [0.15, 0.2) is 61.3 Å². The summed E-state index contributed by atoms with van der Waals surface area (Å²) >= 11 is 0. The van der Waals surface area contributed by atoms with E-state index < -0.39 is 4.92 Å². The van der Waals surface area contributed by atoms with Crippen LogP contribution in [0.5, 0.6) is 17.2 Å². The average Bonchev–Trinajstić information content (AvgIpc) is 3.62. The number of likely N-dealkylation sites (tertiary alicyclic amines) is 1. The number of fused-ring (bicyclic) bond motifs is 2. The third-order valence-corrected chi connectivity index (χ3v) is 6.69. The summed E-state index contributed by atoms with van der Waals surface area (Å²) in [5.41, 5.74) is 2.76. The van der Waals surface area contributed by atoms with Gasteiger partial charge in [0.2, 0.25) is 0 Å². The molecule has 1 aliphatic heterocycles. The van der Waals surface area contributed by atoms with Gasteiger partial charge in [0.25, 0.3) is 0 Å². The van der Waals surface area contributed by atoms with Gasteiger partial charge in [-0.25, -0.2) is 19.5 Å². The Balaban J connectivity index is 1.22. The monoisotopic (exact) mass is 526 g/mol. The topological polar surface area (TPSA) is 133 Å². The Hall–Kier alpha value is -4.84. The van der Waals surface area contributed by atoms with Crippen LogP contribution in [-0.4, -0.2) is 60.6 Å². The molecule has 0 radical (unpaired) electrons. The number of anilines is 2. The van der Waals surface area contributed by atoms with E-state index in [1.165, 1.54) is 31.6 Å². The van der Waals surface area contributed by atoms with E-state index in [0.29, 0.717) is 40.5 Å². The average molecular weight is 527 g/mol. The van der Waals surface area contributed by atoms with Crippen molar-refractivity contribution in [3.63, 3.8) is 0 Å². The molecule has 0 saturated carbocycles. The third kappa shape index (κ3) is 5.27. The van der Waals surface area contributed by atoms with Crippen molar-refractivity contribution < 1.29 is 14.4 Å². The zero-order valence-corrected chi connectivity index (χ0v) is 21.3. The Morgan fingerprint density at radius 3 is 2.72 bits per heavy atom. The van der Waals surface area contributed by atoms with Crippen molar-refractivity contribution in [3.8, 4) is 17.2 Å². The maximum Gasteiger partial charge on any atom is 0.311 e. The zero-order chi connectivity index (χ0) is 26.8. The van der Waals surface area contributed by atoms with E-state index in [0.717, 1.165) is 30.9 Å². The van der Waals surface area contributed by atoms with Crippen molar-refractivity contribution in [2.75, 3.05) is 31.6 Å². The van der Waals surface area contributed by atoms with Crippen LogP contribution in [0.4, 0.5) is 17.2 Å². The van der Waals surface area contributed by atoms with Crippen LogP contribution in [0, 0.1) is 17.0 Å². The molecule has 5 aromatic rings. The number of aromatic nitrogens is 5. The number of nitro groups is 1. The molecular weight excluding hydrogens is 500 g/mol. The lowest BCUT2D eigenvalue weighted by Gasteiger charge is -2.15. The lowest BCUT2D eigenvalue weighted by Crippen LogP contribution is -2.25. The predicted molar refractivity (Wildman–Crippen MR) is 145 cm³/mol. The lowest BCUT2D eigenvalue weighted by atomic mass is 10.1. The second-order valence-electron chi connectivity index (χ2n) is 9.35. The number of pyridine rings is 1. The molecule has 3 aromatic heterocycles. The summed E-state index contributed by atoms with van der Waals surface area (Å²) < 4.78 is 13.6. The number of hydrogen-bond acceptors (Lipinski definition) is 10. The maximum absolute atomic E-state index is 11.9. The smallest absolute Gasteiger partial charge is 0.311 e. The number of aryl methyl sites for hydroxylation is 1. The number of nitro benzene ring substituents is 1. The fourth-order valence-electron chi connectivity index (χ4n) is 4.69. The van der Waals surface area contributed by atoms with E-state index in [1.54, 1.807) is 16.8 Å². The molecule has 1 N–H and O–H groups in total. The van der Waals surface area contributed by atoms with Crippen LogP contribution < -0.4 is 14.8 Å². The van der Waals surface area contributed by atoms with Crippen molar-refractivity contribution in [3.05, 3.63) is 77.0 Å². The molecule has 0 atom stereocenters. The van der Waals surface area contributed by atoms with Crippen LogP contribution in [0.1, 0.15) is 18.4 Å². The standard InChI is InChI=1S/C27H26N8O4/c1-18-12-19(4-5-24(18)39-20-6-9-34-26(13-20)29-17-31-34)32-27-21-14-23(35(36)37)25(15-22(21)28-16-30-27)38-11-10-33-7-2-3-8-33/h4-6,9,12-17H,2-3,7-8,10-11H2,1H3,(H,28,30,32). The molecule has 0 unspecified atom stereocenters. The van der Waals surface area contributed by atoms with E-state index in [1.807, 2.05) is 37.3 Å². The highest BCUT2D eigenvalue weighted by atomic mass is 16.6. The molecule has 12 nitrogen and oxygen atoms in total. The second-order valence-corrected chi connectivity index (χ2v) is 9.35. The van der Waals surface area contributed by atoms with Gasteiger partial charge in [0, 0.05) is 36.6 Å². The van der Waals surface area contributed by atoms with Gasteiger partial charge in [0.1, 0.15) is 36.6 Å². The fraction of sp³-hybridized carbons (Fsp3) is 0.259. The summed E-state index contributed by atoms with van der Waals surface area (Å²) in [7, 11) is 0. The van der Waals surface area contributed by atoms with E-state index in [2.05, 4.69) is 30.3 Å². The molecular formula is C27H26N8O4. The number of benzene rings is 2. The molecule has 0 bridgehead atoms. The summed E-state index contributed by atoms with van der Waals surface area (Å²) in [6, 6.07) is 12.3. The van der Waals surface area contributed by atoms with Gasteiger partial charge in [-0.05, 0) is 62.7 Å². The first kappa shape index (κ1) is 24.5. The molecule has 1 aliphatic rings. The van der Waals surface area contributed by atoms with Crippen molar-refractivity contribution in [1.82, 2.24) is 29.5 Å². The summed E-state index contributed by atoms with van der Waals surface area (Å²) in [6.07, 6.45) is 7.05. The summed E-state index contributed by atoms with van der Waals surface area (Å²) in [6.45, 7) is 5.13. The molecule has 0 amide bonds. The number of ether oxygens (including phenoxy) is 2. The summed E-state index contributed by atoms with van der Waals surface area (Å²) in [5, 5.41) is 19.8. The lowest BCUT2D eigenvalue weighted by molar-refractivity contribution is -0.385. The van der Waals surface area contributed by atoms with Gasteiger partial charge in [-0.15, -0.1) is 0 Å². The first-order valence-electron chi connectivity index (χ1n) is 12.7. The third-order valence-electron chi connectivity index (χ3n) is 6.69. The number of nitrogens with one attached hydrogen (secondary N) is 1. The van der Waals surface area contributed by atoms with Gasteiger partial charge in [-0.3, -0.25) is 15.0 Å². The van der Waals surface area contributed by atoms with Crippen molar-refractivity contribution >= 4 is 33.7 Å². The normalized spacial score (nSPS) is 13.7. The Labute approximate surface area is 223 Å². The van der Waals surface area contributed by atoms with Gasteiger partial charge in [-0.1, -0.05) is 0 Å². The molecule has 39 heavy (non-hydrogen) atoms. The van der Waals surface area contributed by atoms with Gasteiger partial charge >= 0.3 is 5.69 Å². The van der Waals surface area contributed by atoms with Crippen molar-refractivity contribution in [2.24, 2.45) is 0 Å². The van der Waals surface area contributed by atoms with E-state index in [4.69, 9.17) is 9.47 Å². The Bertz CT molecular complexity index is 1670. The maximum atomic E-state index is 11.9. The quantitative estimate of drug-likeness (QED) is 0.209. The minimum absolute atomic E-state index is 0.119. The Kier molecular flexibility index (Phi) is 6.59. The first-order chi connectivity index (χ1) is 19.0. The number of rotatable bonds is 9. The van der Waals surface area contributed by atoms with Crippen LogP contribution in [-0.2, 0) is 0 Å². The van der Waals surface area contributed by atoms with Gasteiger partial charge < -0.3 is 14.8 Å². The Morgan fingerprint density at radius 1 is 1.03 bits per heavy atom. The highest BCUT2D eigenvalue weighted by molar-refractivity contribution is 5.93. The van der Waals surface area contributed by atoms with Crippen molar-refractivity contribution in [2.45, 2.75) is 19.8 Å². The number of nitrogens with zero attached hydrogens (tertiary/aromatic N) is 7. The molecule has 6 rings (SSSR count). The molecule has 4 heterocycles. The van der Waals surface area contributed by atoms with Gasteiger partial charge in [0.05, 0.1) is 15.8 Å². The highest BCUT2D eigenvalue weighted by Gasteiger charge is 2.20. The van der Waals surface area contributed by atoms with E-state index in [-0.39, 0.29) is 11.4 Å². The molecule has 1 saturated heterocycles. The van der Waals surface area contributed by atoms with Crippen LogP contribution in [0.25, 0.3) is 16.6 Å².